The Morgan fingerprint density at radius 1 is 1.50 bits per heavy atom. The van der Waals surface area contributed by atoms with Gasteiger partial charge in [0.1, 0.15) is 0 Å². The molecule has 0 radical (unpaired) electrons. The van der Waals surface area contributed by atoms with Crippen molar-refractivity contribution in [2.75, 3.05) is 0 Å². The van der Waals surface area contributed by atoms with E-state index in [9.17, 15) is 0 Å². The quantitative estimate of drug-likeness (QED) is 0.324. The van der Waals surface area contributed by atoms with Crippen LogP contribution in [0.15, 0.2) is 0 Å². The maximum Gasteiger partial charge on any atom is 0.0254 e. The third-order valence-electron chi connectivity index (χ3n) is 1.21. The van der Waals surface area contributed by atoms with Crippen LogP contribution in [0.4, 0.5) is 0 Å². The van der Waals surface area contributed by atoms with E-state index in [2.05, 4.69) is 6.92 Å². The first-order valence-electron chi connectivity index (χ1n) is 3.41. The van der Waals surface area contributed by atoms with Crippen LogP contribution in [0.5, 0.6) is 0 Å². The molecule has 8 heavy (non-hydrogen) atoms. The molecule has 0 N–H and O–H groups in total. The van der Waals surface area contributed by atoms with Gasteiger partial charge in [-0.15, -0.1) is 11.6 Å². The first kappa shape index (κ1) is 8.51. The predicted octanol–water partition coefficient (Wildman–Crippen LogP) is 1.50. The summed E-state index contributed by atoms with van der Waals surface area (Å²) >= 11 is 5.78. The SMILES string of the molecule is CCCCCC([SiH3])Cl. The van der Waals surface area contributed by atoms with Crippen molar-refractivity contribution in [2.45, 2.75) is 37.6 Å². The molecular formula is C6H15ClSi. The van der Waals surface area contributed by atoms with Gasteiger partial charge < -0.3 is 0 Å². The molecule has 0 rings (SSSR count). The average molecular weight is 151 g/mol. The monoisotopic (exact) mass is 150 g/mol. The highest BCUT2D eigenvalue weighted by Gasteiger charge is 1.92. The highest BCUT2D eigenvalue weighted by atomic mass is 35.5. The van der Waals surface area contributed by atoms with Gasteiger partial charge in [-0.3, -0.25) is 0 Å². The van der Waals surface area contributed by atoms with Gasteiger partial charge in [-0.25, -0.2) is 0 Å². The second-order valence-electron chi connectivity index (χ2n) is 2.28. The summed E-state index contributed by atoms with van der Waals surface area (Å²) in [6.07, 6.45) is 5.23. The lowest BCUT2D eigenvalue weighted by Crippen LogP contribution is -1.95. The fourth-order valence-corrected chi connectivity index (χ4v) is 1.24. The van der Waals surface area contributed by atoms with Crippen LogP contribution in [0.3, 0.4) is 0 Å². The van der Waals surface area contributed by atoms with E-state index in [1.54, 1.807) is 0 Å². The van der Waals surface area contributed by atoms with Crippen molar-refractivity contribution in [3.05, 3.63) is 0 Å². The molecule has 0 aliphatic rings. The fraction of sp³-hybridized carbons (Fsp3) is 1.00. The maximum atomic E-state index is 5.78. The Bertz CT molecular complexity index is 45.8. The molecule has 0 saturated heterocycles. The first-order chi connectivity index (χ1) is 3.77. The van der Waals surface area contributed by atoms with E-state index in [0.29, 0.717) is 5.00 Å². The number of unbranched alkanes of at least 4 members (excludes halogenated alkanes) is 2. The van der Waals surface area contributed by atoms with Crippen molar-refractivity contribution in [3.8, 4) is 0 Å². The minimum absolute atomic E-state index is 0.515. The van der Waals surface area contributed by atoms with Crippen molar-refractivity contribution in [1.82, 2.24) is 0 Å². The van der Waals surface area contributed by atoms with E-state index < -0.39 is 0 Å². The molecule has 0 aliphatic carbocycles. The summed E-state index contributed by atoms with van der Waals surface area (Å²) in [6.45, 7) is 2.22. The standard InChI is InChI=1S/C6H15ClSi/c1-2-3-4-5-6(7)8/h6H,2-5H2,1,8H3. The smallest absolute Gasteiger partial charge is 0.0254 e. The van der Waals surface area contributed by atoms with Crippen molar-refractivity contribution in [2.24, 2.45) is 0 Å². The van der Waals surface area contributed by atoms with E-state index in [1.165, 1.54) is 25.7 Å². The molecule has 0 aromatic rings. The zero-order chi connectivity index (χ0) is 6.41. The van der Waals surface area contributed by atoms with Crippen LogP contribution in [0.1, 0.15) is 32.6 Å². The zero-order valence-electron chi connectivity index (χ0n) is 5.78. The van der Waals surface area contributed by atoms with Gasteiger partial charge in [0, 0.05) is 15.2 Å². The summed E-state index contributed by atoms with van der Waals surface area (Å²) in [4.78, 5) is 0. The number of hydrogen-bond acceptors (Lipinski definition) is 0. The van der Waals surface area contributed by atoms with E-state index >= 15 is 0 Å². The minimum Gasteiger partial charge on any atom is -0.128 e. The van der Waals surface area contributed by atoms with Crippen molar-refractivity contribution in [3.63, 3.8) is 0 Å². The van der Waals surface area contributed by atoms with Gasteiger partial charge in [0.25, 0.3) is 0 Å². The Morgan fingerprint density at radius 3 is 2.50 bits per heavy atom. The molecule has 0 saturated carbocycles. The Morgan fingerprint density at radius 2 is 2.12 bits per heavy atom. The fourth-order valence-electron chi connectivity index (χ4n) is 0.676. The van der Waals surface area contributed by atoms with Gasteiger partial charge in [0.15, 0.2) is 0 Å². The van der Waals surface area contributed by atoms with Gasteiger partial charge in [0.2, 0.25) is 0 Å². The molecule has 0 heterocycles. The van der Waals surface area contributed by atoms with Gasteiger partial charge in [-0.2, -0.15) is 0 Å². The van der Waals surface area contributed by atoms with E-state index in [0.717, 1.165) is 10.2 Å². The lowest BCUT2D eigenvalue weighted by molar-refractivity contribution is 0.692. The number of halogens is 1. The Balaban J connectivity index is 2.72. The lowest BCUT2D eigenvalue weighted by atomic mass is 10.2. The summed E-state index contributed by atoms with van der Waals surface area (Å²) in [6, 6.07) is 0. The summed E-state index contributed by atoms with van der Waals surface area (Å²) in [5, 5.41) is 0.515. The first-order valence-corrected chi connectivity index (χ1v) is 5.00. The molecule has 0 bridgehead atoms. The Hall–Kier alpha value is 0.507. The molecule has 1 atom stereocenters. The third-order valence-corrected chi connectivity index (χ3v) is 2.00. The molecule has 0 nitrogen and oxygen atoms in total. The predicted molar refractivity (Wildman–Crippen MR) is 43.7 cm³/mol. The van der Waals surface area contributed by atoms with Crippen molar-refractivity contribution >= 4 is 21.8 Å². The molecule has 0 amide bonds. The van der Waals surface area contributed by atoms with Gasteiger partial charge in [0.05, 0.1) is 0 Å². The van der Waals surface area contributed by atoms with Crippen LogP contribution in [-0.2, 0) is 0 Å². The van der Waals surface area contributed by atoms with Crippen molar-refractivity contribution in [1.29, 1.82) is 0 Å². The number of rotatable bonds is 4. The second kappa shape index (κ2) is 5.64. The molecule has 2 heteroatoms. The minimum atomic E-state index is 0.515. The summed E-state index contributed by atoms with van der Waals surface area (Å²) in [5.74, 6) is 0. The van der Waals surface area contributed by atoms with Gasteiger partial charge in [-0.1, -0.05) is 26.2 Å². The van der Waals surface area contributed by atoms with Crippen LogP contribution in [-0.4, -0.2) is 15.2 Å². The molecule has 0 aliphatic heterocycles. The molecule has 50 valence electrons. The zero-order valence-corrected chi connectivity index (χ0v) is 8.54. The molecule has 0 fully saturated rings. The van der Waals surface area contributed by atoms with E-state index in [4.69, 9.17) is 11.6 Å². The summed E-state index contributed by atoms with van der Waals surface area (Å²) in [7, 11) is 1.15. The van der Waals surface area contributed by atoms with Crippen LogP contribution in [0.2, 0.25) is 0 Å². The lowest BCUT2D eigenvalue weighted by Gasteiger charge is -1.98. The summed E-state index contributed by atoms with van der Waals surface area (Å²) < 4.78 is 0. The van der Waals surface area contributed by atoms with Crippen LogP contribution >= 0.6 is 11.6 Å². The molecule has 0 aromatic carbocycles. The normalized spacial score (nSPS) is 14.2. The molecule has 0 aromatic heterocycles. The molecule has 0 spiro atoms. The highest BCUT2D eigenvalue weighted by Crippen LogP contribution is 2.04. The third kappa shape index (κ3) is 6.51. The van der Waals surface area contributed by atoms with Crippen LogP contribution in [0.25, 0.3) is 0 Å². The summed E-state index contributed by atoms with van der Waals surface area (Å²) in [5.41, 5.74) is 0. The molecular weight excluding hydrogens is 136 g/mol. The molecule has 1 unspecified atom stereocenters. The second-order valence-corrected chi connectivity index (χ2v) is 5.15. The van der Waals surface area contributed by atoms with Crippen molar-refractivity contribution < 1.29 is 0 Å². The van der Waals surface area contributed by atoms with Crippen LogP contribution in [0, 0.1) is 0 Å². The largest absolute Gasteiger partial charge is 0.128 e. The number of alkyl halides is 1. The Labute approximate surface area is 60.0 Å². The van der Waals surface area contributed by atoms with Crippen LogP contribution < -0.4 is 0 Å². The topological polar surface area (TPSA) is 0 Å². The van der Waals surface area contributed by atoms with E-state index in [1.807, 2.05) is 0 Å². The number of hydrogen-bond donors (Lipinski definition) is 0. The average Bonchev–Trinajstić information content (AvgIpc) is 1.66. The highest BCUT2D eigenvalue weighted by molar-refractivity contribution is 6.40. The van der Waals surface area contributed by atoms with E-state index in [-0.39, 0.29) is 0 Å². The maximum absolute atomic E-state index is 5.78. The Kier molecular flexibility index (Phi) is 6.00. The van der Waals surface area contributed by atoms with Gasteiger partial charge >= 0.3 is 0 Å². The van der Waals surface area contributed by atoms with Gasteiger partial charge in [-0.05, 0) is 6.42 Å².